The molecule has 0 fully saturated rings. The van der Waals surface area contributed by atoms with Gasteiger partial charge >= 0.3 is 0 Å². The lowest BCUT2D eigenvalue weighted by Gasteiger charge is -2.05. The number of hydrogen-bond acceptors (Lipinski definition) is 3. The second-order valence-electron chi connectivity index (χ2n) is 3.39. The summed E-state index contributed by atoms with van der Waals surface area (Å²) in [6, 6.07) is 10.0. The monoisotopic (exact) mass is 202 g/mol. The molecule has 2 aromatic rings. The van der Waals surface area contributed by atoms with Gasteiger partial charge in [0.25, 0.3) is 0 Å². The second kappa shape index (κ2) is 4.66. The number of furan rings is 1. The van der Waals surface area contributed by atoms with Gasteiger partial charge < -0.3 is 15.5 Å². The summed E-state index contributed by atoms with van der Waals surface area (Å²) < 4.78 is 4.99. The summed E-state index contributed by atoms with van der Waals surface area (Å²) in [4.78, 5) is 0. The van der Waals surface area contributed by atoms with Crippen LogP contribution in [0.4, 0.5) is 5.69 Å². The van der Waals surface area contributed by atoms with Crippen LogP contribution in [0, 0.1) is 0 Å². The van der Waals surface area contributed by atoms with Crippen LogP contribution in [0.25, 0.3) is 0 Å². The van der Waals surface area contributed by atoms with E-state index in [0.29, 0.717) is 6.54 Å². The molecule has 0 amide bonds. The van der Waals surface area contributed by atoms with E-state index in [2.05, 4.69) is 11.4 Å². The molecule has 0 aliphatic heterocycles. The van der Waals surface area contributed by atoms with Crippen LogP contribution < -0.4 is 11.1 Å². The Morgan fingerprint density at radius 1 is 1.20 bits per heavy atom. The van der Waals surface area contributed by atoms with Gasteiger partial charge in [-0.3, -0.25) is 0 Å². The van der Waals surface area contributed by atoms with Gasteiger partial charge in [-0.05, 0) is 23.8 Å². The van der Waals surface area contributed by atoms with Crippen molar-refractivity contribution in [2.45, 2.75) is 13.1 Å². The molecule has 0 aliphatic rings. The van der Waals surface area contributed by atoms with Crippen molar-refractivity contribution in [3.05, 3.63) is 54.0 Å². The van der Waals surface area contributed by atoms with Crippen LogP contribution in [0.5, 0.6) is 0 Å². The number of anilines is 1. The zero-order valence-corrected chi connectivity index (χ0v) is 8.44. The minimum atomic E-state index is 0.571. The highest BCUT2D eigenvalue weighted by molar-refractivity contribution is 5.46. The summed E-state index contributed by atoms with van der Waals surface area (Å²) in [5.41, 5.74) is 8.91. The fourth-order valence-electron chi connectivity index (χ4n) is 1.41. The van der Waals surface area contributed by atoms with Crippen molar-refractivity contribution in [1.82, 2.24) is 0 Å². The van der Waals surface area contributed by atoms with Gasteiger partial charge in [0, 0.05) is 24.3 Å². The molecule has 0 saturated heterocycles. The molecule has 0 radical (unpaired) electrons. The Labute approximate surface area is 88.9 Å². The molecule has 0 atom stereocenters. The van der Waals surface area contributed by atoms with E-state index in [4.69, 9.17) is 10.2 Å². The van der Waals surface area contributed by atoms with Gasteiger partial charge in [-0.15, -0.1) is 0 Å². The summed E-state index contributed by atoms with van der Waals surface area (Å²) in [7, 11) is 0. The lowest BCUT2D eigenvalue weighted by molar-refractivity contribution is 0.564. The van der Waals surface area contributed by atoms with E-state index in [1.165, 1.54) is 0 Å². The summed E-state index contributed by atoms with van der Waals surface area (Å²) in [6.07, 6.45) is 3.41. The smallest absolute Gasteiger partial charge is 0.0952 e. The quantitative estimate of drug-likeness (QED) is 0.800. The van der Waals surface area contributed by atoms with Gasteiger partial charge in [-0.1, -0.05) is 12.1 Å². The summed E-state index contributed by atoms with van der Waals surface area (Å²) in [6.45, 7) is 1.34. The fraction of sp³-hybridized carbons (Fsp3) is 0.167. The van der Waals surface area contributed by atoms with E-state index < -0.39 is 0 Å². The van der Waals surface area contributed by atoms with Crippen LogP contribution in [0.3, 0.4) is 0 Å². The Morgan fingerprint density at radius 3 is 2.87 bits per heavy atom. The highest BCUT2D eigenvalue weighted by atomic mass is 16.3. The summed E-state index contributed by atoms with van der Waals surface area (Å²) in [5, 5.41) is 3.31. The predicted molar refractivity (Wildman–Crippen MR) is 60.4 cm³/mol. The van der Waals surface area contributed by atoms with Crippen molar-refractivity contribution >= 4 is 5.69 Å². The molecule has 0 saturated carbocycles. The normalized spacial score (nSPS) is 10.2. The SMILES string of the molecule is NCc1cccc(NCc2ccoc2)c1. The van der Waals surface area contributed by atoms with Gasteiger partial charge in [-0.2, -0.15) is 0 Å². The average Bonchev–Trinajstić information content (AvgIpc) is 2.79. The first-order valence-corrected chi connectivity index (χ1v) is 4.92. The van der Waals surface area contributed by atoms with E-state index in [9.17, 15) is 0 Å². The third-order valence-electron chi connectivity index (χ3n) is 2.24. The number of rotatable bonds is 4. The second-order valence-corrected chi connectivity index (χ2v) is 3.39. The molecule has 0 aliphatic carbocycles. The molecule has 0 bridgehead atoms. The highest BCUT2D eigenvalue weighted by Gasteiger charge is 1.96. The Morgan fingerprint density at radius 2 is 2.13 bits per heavy atom. The van der Waals surface area contributed by atoms with Crippen molar-refractivity contribution in [2.75, 3.05) is 5.32 Å². The Bertz CT molecular complexity index is 409. The molecule has 3 heteroatoms. The van der Waals surface area contributed by atoms with E-state index in [0.717, 1.165) is 23.4 Å². The van der Waals surface area contributed by atoms with Gasteiger partial charge in [0.05, 0.1) is 12.5 Å². The highest BCUT2D eigenvalue weighted by Crippen LogP contribution is 2.11. The molecular weight excluding hydrogens is 188 g/mol. The largest absolute Gasteiger partial charge is 0.472 e. The lowest BCUT2D eigenvalue weighted by atomic mass is 10.2. The lowest BCUT2D eigenvalue weighted by Crippen LogP contribution is -2.00. The number of nitrogens with two attached hydrogens (primary N) is 1. The summed E-state index contributed by atoms with van der Waals surface area (Å²) in [5.74, 6) is 0. The number of nitrogens with one attached hydrogen (secondary N) is 1. The topological polar surface area (TPSA) is 51.2 Å². The first kappa shape index (κ1) is 9.80. The maximum Gasteiger partial charge on any atom is 0.0952 e. The van der Waals surface area contributed by atoms with Gasteiger partial charge in [0.1, 0.15) is 0 Å². The fourth-order valence-corrected chi connectivity index (χ4v) is 1.41. The van der Waals surface area contributed by atoms with Crippen LogP contribution in [-0.4, -0.2) is 0 Å². The van der Waals surface area contributed by atoms with Gasteiger partial charge in [0.15, 0.2) is 0 Å². The molecule has 1 heterocycles. The standard InChI is InChI=1S/C12H14N2O/c13-7-10-2-1-3-12(6-10)14-8-11-4-5-15-9-11/h1-6,9,14H,7-8,13H2. The zero-order valence-electron chi connectivity index (χ0n) is 8.44. The van der Waals surface area contributed by atoms with E-state index in [1.807, 2.05) is 24.3 Å². The first-order chi connectivity index (χ1) is 7.38. The Balaban J connectivity index is 1.98. The molecule has 0 unspecified atom stereocenters. The molecule has 78 valence electrons. The minimum absolute atomic E-state index is 0.571. The van der Waals surface area contributed by atoms with Crippen molar-refractivity contribution in [3.8, 4) is 0 Å². The minimum Gasteiger partial charge on any atom is -0.472 e. The van der Waals surface area contributed by atoms with Crippen LogP contribution in [0.15, 0.2) is 47.3 Å². The third kappa shape index (κ3) is 2.60. The maximum atomic E-state index is 5.57. The molecule has 1 aromatic heterocycles. The van der Waals surface area contributed by atoms with Crippen LogP contribution in [0.1, 0.15) is 11.1 Å². The molecule has 0 spiro atoms. The molecule has 15 heavy (non-hydrogen) atoms. The first-order valence-electron chi connectivity index (χ1n) is 4.92. The van der Waals surface area contributed by atoms with Crippen molar-refractivity contribution < 1.29 is 4.42 Å². The van der Waals surface area contributed by atoms with Crippen molar-refractivity contribution in [2.24, 2.45) is 5.73 Å². The average molecular weight is 202 g/mol. The molecular formula is C12H14N2O. The van der Waals surface area contributed by atoms with Crippen LogP contribution >= 0.6 is 0 Å². The molecule has 3 nitrogen and oxygen atoms in total. The molecule has 3 N–H and O–H groups in total. The zero-order chi connectivity index (χ0) is 10.5. The molecule has 1 aromatic carbocycles. The Hall–Kier alpha value is -1.74. The van der Waals surface area contributed by atoms with Crippen molar-refractivity contribution in [3.63, 3.8) is 0 Å². The summed E-state index contributed by atoms with van der Waals surface area (Å²) >= 11 is 0. The van der Waals surface area contributed by atoms with E-state index in [-0.39, 0.29) is 0 Å². The molecule has 2 rings (SSSR count). The van der Waals surface area contributed by atoms with Crippen LogP contribution in [0.2, 0.25) is 0 Å². The predicted octanol–water partition coefficient (Wildman–Crippen LogP) is 2.35. The third-order valence-corrected chi connectivity index (χ3v) is 2.24. The van der Waals surface area contributed by atoms with Gasteiger partial charge in [0.2, 0.25) is 0 Å². The van der Waals surface area contributed by atoms with Gasteiger partial charge in [-0.25, -0.2) is 0 Å². The van der Waals surface area contributed by atoms with E-state index in [1.54, 1.807) is 12.5 Å². The number of benzene rings is 1. The van der Waals surface area contributed by atoms with Crippen molar-refractivity contribution in [1.29, 1.82) is 0 Å². The maximum absolute atomic E-state index is 5.57. The van der Waals surface area contributed by atoms with Crippen LogP contribution in [-0.2, 0) is 13.1 Å². The number of hydrogen-bond donors (Lipinski definition) is 2. The Kier molecular flexibility index (Phi) is 3.05. The van der Waals surface area contributed by atoms with E-state index >= 15 is 0 Å².